The van der Waals surface area contributed by atoms with Gasteiger partial charge in [-0.05, 0) is 35.2 Å². The number of pyridine rings is 1. The molecule has 3 nitrogen and oxygen atoms in total. The third kappa shape index (κ3) is 2.30. The molecule has 0 saturated carbocycles. The van der Waals surface area contributed by atoms with Crippen molar-refractivity contribution >= 4 is 0 Å². The Labute approximate surface area is 118 Å². The molecule has 0 N–H and O–H groups in total. The van der Waals surface area contributed by atoms with Gasteiger partial charge in [-0.3, -0.25) is 4.98 Å². The van der Waals surface area contributed by atoms with Gasteiger partial charge < -0.3 is 0 Å². The van der Waals surface area contributed by atoms with Crippen molar-refractivity contribution in [2.75, 3.05) is 0 Å². The van der Waals surface area contributed by atoms with E-state index in [-0.39, 0.29) is 0 Å². The number of hydrogen-bond acceptors (Lipinski definition) is 2. The summed E-state index contributed by atoms with van der Waals surface area (Å²) in [6, 6.07) is 12.4. The maximum absolute atomic E-state index is 4.49. The number of hydrogen-bond donors (Lipinski definition) is 0. The van der Waals surface area contributed by atoms with Gasteiger partial charge in [0, 0.05) is 24.0 Å². The molecule has 0 unspecified atom stereocenters. The number of benzene rings is 1. The lowest BCUT2D eigenvalue weighted by atomic mass is 10.0. The molecule has 0 aliphatic heterocycles. The second-order valence-electron chi connectivity index (χ2n) is 4.83. The average molecular weight is 262 g/mol. The van der Waals surface area contributed by atoms with Gasteiger partial charge in [0.25, 0.3) is 0 Å². The lowest BCUT2D eigenvalue weighted by Gasteiger charge is -2.06. The van der Waals surface area contributed by atoms with E-state index in [1.165, 1.54) is 5.56 Å². The SMILES string of the molecule is Cc1ccc(-c2cccnc2)cc1-c1nccc[n+]1C. The number of rotatable bonds is 2. The highest BCUT2D eigenvalue weighted by atomic mass is 15.0. The summed E-state index contributed by atoms with van der Waals surface area (Å²) in [6.07, 6.45) is 7.51. The van der Waals surface area contributed by atoms with Crippen molar-refractivity contribution in [2.24, 2.45) is 7.05 Å². The minimum Gasteiger partial charge on any atom is -0.264 e. The normalized spacial score (nSPS) is 10.5. The number of nitrogens with zero attached hydrogens (tertiary/aromatic N) is 3. The van der Waals surface area contributed by atoms with Crippen LogP contribution in [0.3, 0.4) is 0 Å². The molecule has 98 valence electrons. The molecule has 3 rings (SSSR count). The quantitative estimate of drug-likeness (QED) is 0.665. The fourth-order valence-electron chi connectivity index (χ4n) is 2.28. The van der Waals surface area contributed by atoms with E-state index < -0.39 is 0 Å². The zero-order chi connectivity index (χ0) is 13.9. The standard InChI is InChI=1S/C17H16N3/c1-13-6-7-14(15-5-3-8-18-12-15)11-16(13)17-19-9-4-10-20(17)2/h3-12H,1-2H3/q+1. The molecule has 3 aromatic rings. The minimum absolute atomic E-state index is 0.968. The van der Waals surface area contributed by atoms with Crippen LogP contribution in [0.25, 0.3) is 22.5 Å². The van der Waals surface area contributed by atoms with Gasteiger partial charge in [0.15, 0.2) is 0 Å². The summed E-state index contributed by atoms with van der Waals surface area (Å²) in [7, 11) is 2.01. The molecule has 1 aromatic carbocycles. The first-order valence-electron chi connectivity index (χ1n) is 6.58. The smallest absolute Gasteiger partial charge is 0.264 e. The molecule has 0 bridgehead atoms. The second kappa shape index (κ2) is 5.21. The van der Waals surface area contributed by atoms with Gasteiger partial charge >= 0.3 is 5.82 Å². The molecule has 0 saturated heterocycles. The van der Waals surface area contributed by atoms with Crippen molar-refractivity contribution in [1.29, 1.82) is 0 Å². The van der Waals surface area contributed by atoms with E-state index in [0.717, 1.165) is 22.5 Å². The van der Waals surface area contributed by atoms with E-state index in [9.17, 15) is 0 Å². The van der Waals surface area contributed by atoms with Crippen molar-refractivity contribution in [1.82, 2.24) is 9.97 Å². The molecule has 0 radical (unpaired) electrons. The molecule has 0 aliphatic rings. The van der Waals surface area contributed by atoms with Gasteiger partial charge in [-0.15, -0.1) is 0 Å². The Morgan fingerprint density at radius 1 is 1.00 bits per heavy atom. The molecule has 0 fully saturated rings. The van der Waals surface area contributed by atoms with Gasteiger partial charge in [-0.1, -0.05) is 18.2 Å². The van der Waals surface area contributed by atoms with Gasteiger partial charge in [-0.2, -0.15) is 0 Å². The van der Waals surface area contributed by atoms with Gasteiger partial charge in [0.1, 0.15) is 6.20 Å². The predicted molar refractivity (Wildman–Crippen MR) is 78.8 cm³/mol. The molecule has 0 aliphatic carbocycles. The Balaban J connectivity index is 2.15. The van der Waals surface area contributed by atoms with Crippen LogP contribution < -0.4 is 4.57 Å². The molecule has 0 amide bonds. The summed E-state index contributed by atoms with van der Waals surface area (Å²) < 4.78 is 2.04. The summed E-state index contributed by atoms with van der Waals surface area (Å²) in [5.74, 6) is 0.968. The van der Waals surface area contributed by atoms with Crippen molar-refractivity contribution in [3.8, 4) is 22.5 Å². The van der Waals surface area contributed by atoms with Crippen LogP contribution in [0.4, 0.5) is 0 Å². The zero-order valence-corrected chi connectivity index (χ0v) is 11.6. The zero-order valence-electron chi connectivity index (χ0n) is 11.6. The molecular weight excluding hydrogens is 246 g/mol. The van der Waals surface area contributed by atoms with Crippen LogP contribution in [-0.4, -0.2) is 9.97 Å². The summed E-state index contributed by atoms with van der Waals surface area (Å²) in [4.78, 5) is 8.67. The second-order valence-corrected chi connectivity index (χ2v) is 4.83. The minimum atomic E-state index is 0.968. The molecule has 0 spiro atoms. The van der Waals surface area contributed by atoms with Crippen LogP contribution in [0, 0.1) is 6.92 Å². The van der Waals surface area contributed by atoms with Gasteiger partial charge in [-0.25, -0.2) is 4.57 Å². The third-order valence-electron chi connectivity index (χ3n) is 3.40. The van der Waals surface area contributed by atoms with E-state index in [1.807, 2.05) is 42.3 Å². The van der Waals surface area contributed by atoms with Crippen molar-refractivity contribution in [3.05, 3.63) is 66.7 Å². The lowest BCUT2D eigenvalue weighted by Crippen LogP contribution is -2.31. The maximum Gasteiger partial charge on any atom is 0.330 e. The highest BCUT2D eigenvalue weighted by molar-refractivity contribution is 5.71. The van der Waals surface area contributed by atoms with E-state index in [1.54, 1.807) is 6.20 Å². The van der Waals surface area contributed by atoms with Crippen LogP contribution in [0.5, 0.6) is 0 Å². The predicted octanol–water partition coefficient (Wildman–Crippen LogP) is 2.94. The molecule has 0 atom stereocenters. The Morgan fingerprint density at radius 2 is 1.90 bits per heavy atom. The fourth-order valence-corrected chi connectivity index (χ4v) is 2.28. The Morgan fingerprint density at radius 3 is 2.65 bits per heavy atom. The first-order valence-corrected chi connectivity index (χ1v) is 6.58. The monoisotopic (exact) mass is 262 g/mol. The Bertz CT molecular complexity index is 736. The Kier molecular flexibility index (Phi) is 3.25. The third-order valence-corrected chi connectivity index (χ3v) is 3.40. The topological polar surface area (TPSA) is 29.7 Å². The van der Waals surface area contributed by atoms with Crippen LogP contribution in [0.15, 0.2) is 61.2 Å². The first kappa shape index (κ1) is 12.5. The van der Waals surface area contributed by atoms with Gasteiger partial charge in [0.2, 0.25) is 0 Å². The highest BCUT2D eigenvalue weighted by Crippen LogP contribution is 2.26. The lowest BCUT2D eigenvalue weighted by molar-refractivity contribution is -0.663. The van der Waals surface area contributed by atoms with Crippen LogP contribution in [0.2, 0.25) is 0 Å². The van der Waals surface area contributed by atoms with E-state index in [0.29, 0.717) is 0 Å². The van der Waals surface area contributed by atoms with Crippen molar-refractivity contribution < 1.29 is 4.57 Å². The fraction of sp³-hybridized carbons (Fsp3) is 0.118. The molecular formula is C17H16N3+. The summed E-state index contributed by atoms with van der Waals surface area (Å²) in [5.41, 5.74) is 4.64. The molecule has 2 aromatic heterocycles. The summed E-state index contributed by atoms with van der Waals surface area (Å²) in [6.45, 7) is 2.11. The van der Waals surface area contributed by atoms with Crippen molar-refractivity contribution in [3.63, 3.8) is 0 Å². The molecule has 20 heavy (non-hydrogen) atoms. The summed E-state index contributed by atoms with van der Waals surface area (Å²) in [5, 5.41) is 0. The van der Waals surface area contributed by atoms with Gasteiger partial charge in [0.05, 0.1) is 18.8 Å². The maximum atomic E-state index is 4.49. The average Bonchev–Trinajstić information content (AvgIpc) is 2.49. The summed E-state index contributed by atoms with van der Waals surface area (Å²) >= 11 is 0. The highest BCUT2D eigenvalue weighted by Gasteiger charge is 2.15. The van der Waals surface area contributed by atoms with Crippen LogP contribution in [0.1, 0.15) is 5.56 Å². The van der Waals surface area contributed by atoms with Crippen molar-refractivity contribution in [2.45, 2.75) is 6.92 Å². The van der Waals surface area contributed by atoms with Crippen LogP contribution >= 0.6 is 0 Å². The first-order chi connectivity index (χ1) is 9.75. The van der Waals surface area contributed by atoms with Crippen LogP contribution in [-0.2, 0) is 7.05 Å². The molecule has 2 heterocycles. The molecule has 3 heteroatoms. The largest absolute Gasteiger partial charge is 0.330 e. The van der Waals surface area contributed by atoms with E-state index >= 15 is 0 Å². The van der Waals surface area contributed by atoms with E-state index in [2.05, 4.69) is 41.2 Å². The number of aromatic nitrogens is 3. The Hall–Kier alpha value is -2.55. The number of aryl methyl sites for hydroxylation is 2. The van der Waals surface area contributed by atoms with E-state index in [4.69, 9.17) is 0 Å².